The summed E-state index contributed by atoms with van der Waals surface area (Å²) in [6.07, 6.45) is 1.60. The first kappa shape index (κ1) is 46.1. The molecule has 17 nitrogen and oxygen atoms in total. The van der Waals surface area contributed by atoms with Gasteiger partial charge in [-0.1, -0.05) is 63.9 Å². The molecular weight excluding hydrogens is 850 g/mol. The number of hydrogen-bond donors (Lipinski definition) is 3. The highest BCUT2D eigenvalue weighted by Crippen LogP contribution is 2.35. The number of nitrogens with zero attached hydrogens (tertiary/aromatic N) is 7. The molecule has 0 radical (unpaired) electrons. The number of aromatic nitrogens is 6. The van der Waals surface area contributed by atoms with Crippen molar-refractivity contribution in [3.8, 4) is 33.8 Å². The van der Waals surface area contributed by atoms with E-state index in [9.17, 15) is 37.1 Å². The largest absolute Gasteiger partial charge is 0.491 e. The first-order valence-corrected chi connectivity index (χ1v) is 21.6. The second-order valence-electron chi connectivity index (χ2n) is 16.6. The van der Waals surface area contributed by atoms with Crippen LogP contribution in [-0.2, 0) is 23.9 Å². The van der Waals surface area contributed by atoms with Gasteiger partial charge in [0, 0.05) is 31.3 Å². The summed E-state index contributed by atoms with van der Waals surface area (Å²) in [5, 5.41) is 2.67. The molecule has 0 saturated carbocycles. The molecule has 2 aliphatic rings. The van der Waals surface area contributed by atoms with Crippen molar-refractivity contribution < 1.29 is 46.6 Å². The minimum atomic E-state index is -5.36. The molecule has 0 bridgehead atoms. The number of amides is 4. The van der Waals surface area contributed by atoms with Crippen LogP contribution < -0.4 is 5.32 Å². The average molecular weight is 901 g/mol. The molecule has 0 unspecified atom stereocenters. The second-order valence-corrected chi connectivity index (χ2v) is 16.6. The van der Waals surface area contributed by atoms with Crippen molar-refractivity contribution in [2.75, 3.05) is 27.2 Å². The fraction of sp³-hybridized carbons (Fsp3) is 0.444. The van der Waals surface area contributed by atoms with Crippen LogP contribution >= 0.6 is 0 Å². The first-order valence-electron chi connectivity index (χ1n) is 21.6. The number of halogens is 3. The number of alkyl carbamates (subject to hydrolysis) is 1. The highest BCUT2D eigenvalue weighted by atomic mass is 19.4. The zero-order chi connectivity index (χ0) is 46.6. The summed E-state index contributed by atoms with van der Waals surface area (Å²) >= 11 is 0. The number of alkyl halides is 3. The minimum Gasteiger partial charge on any atom is -0.453 e. The number of aromatic amines is 2. The predicted octanol–water partition coefficient (Wildman–Crippen LogP) is 7.50. The molecule has 3 aromatic heterocycles. The molecule has 344 valence electrons. The van der Waals surface area contributed by atoms with Crippen LogP contribution in [0.15, 0.2) is 61.1 Å². The summed E-state index contributed by atoms with van der Waals surface area (Å²) in [4.78, 5) is 93.0. The zero-order valence-electron chi connectivity index (χ0n) is 36.6. The van der Waals surface area contributed by atoms with E-state index in [0.717, 1.165) is 47.2 Å². The van der Waals surface area contributed by atoms with Gasteiger partial charge in [0.05, 0.1) is 65.9 Å². The smallest absolute Gasteiger partial charge is 0.453 e. The van der Waals surface area contributed by atoms with Crippen molar-refractivity contribution in [2.24, 2.45) is 5.92 Å². The molecule has 4 atom stereocenters. The lowest BCUT2D eigenvalue weighted by molar-refractivity contribution is -0.194. The number of likely N-dealkylation sites (N-methyl/N-ethyl adjacent to an activating group) is 1. The number of benzene rings is 2. The fourth-order valence-electron chi connectivity index (χ4n) is 8.36. The van der Waals surface area contributed by atoms with Crippen molar-refractivity contribution in [3.63, 3.8) is 0 Å². The second kappa shape index (κ2) is 19.5. The third-order valence-electron chi connectivity index (χ3n) is 11.9. The molecular formula is C45H51F3N10O7. The molecule has 7 rings (SSSR count). The Labute approximate surface area is 372 Å². The molecule has 4 amide bonds. The topological polar surface area (TPSA) is 209 Å². The Morgan fingerprint density at radius 2 is 1.42 bits per heavy atom. The van der Waals surface area contributed by atoms with Crippen LogP contribution in [0.2, 0.25) is 0 Å². The van der Waals surface area contributed by atoms with Gasteiger partial charge in [0.15, 0.2) is 0 Å². The number of fused-ring (bicyclic) bond motifs is 1. The van der Waals surface area contributed by atoms with Crippen molar-refractivity contribution >= 4 is 41.0 Å². The number of likely N-dealkylation sites (tertiary alicyclic amines) is 2. The van der Waals surface area contributed by atoms with Crippen LogP contribution in [0.5, 0.6) is 0 Å². The average Bonchev–Trinajstić information content (AvgIpc) is 4.14. The van der Waals surface area contributed by atoms with Gasteiger partial charge in [0.1, 0.15) is 23.7 Å². The summed E-state index contributed by atoms with van der Waals surface area (Å²) in [5.41, 5.74) is 5.94. The number of hydrogen-bond acceptors (Lipinski definition) is 11. The third kappa shape index (κ3) is 10.1. The molecule has 2 fully saturated rings. The van der Waals surface area contributed by atoms with Crippen molar-refractivity contribution in [2.45, 2.75) is 96.1 Å². The van der Waals surface area contributed by atoms with Crippen LogP contribution in [0.3, 0.4) is 0 Å². The van der Waals surface area contributed by atoms with E-state index in [1.54, 1.807) is 28.4 Å². The lowest BCUT2D eigenvalue weighted by Crippen LogP contribution is -2.51. The maximum atomic E-state index is 13.9. The number of rotatable bonds is 13. The summed E-state index contributed by atoms with van der Waals surface area (Å²) in [6, 6.07) is 10.8. The van der Waals surface area contributed by atoms with Crippen LogP contribution in [0.1, 0.15) is 89.4 Å². The zero-order valence-corrected chi connectivity index (χ0v) is 36.6. The number of imidazole rings is 2. The van der Waals surface area contributed by atoms with Crippen molar-refractivity contribution in [1.29, 1.82) is 0 Å². The summed E-state index contributed by atoms with van der Waals surface area (Å²) < 4.78 is 47.2. The molecule has 20 heteroatoms. The molecule has 0 spiro atoms. The quantitative estimate of drug-likeness (QED) is 0.0779. The van der Waals surface area contributed by atoms with E-state index in [1.165, 1.54) is 7.11 Å². The Morgan fingerprint density at radius 3 is 2.00 bits per heavy atom. The van der Waals surface area contributed by atoms with Gasteiger partial charge < -0.3 is 34.6 Å². The summed E-state index contributed by atoms with van der Waals surface area (Å²) in [6.45, 7) is 6.52. The van der Waals surface area contributed by atoms with Gasteiger partial charge in [-0.3, -0.25) is 19.5 Å². The van der Waals surface area contributed by atoms with Gasteiger partial charge in [-0.2, -0.15) is 13.2 Å². The molecule has 65 heavy (non-hydrogen) atoms. The summed E-state index contributed by atoms with van der Waals surface area (Å²) in [5.74, 6) is -2.26. The van der Waals surface area contributed by atoms with Gasteiger partial charge in [-0.25, -0.2) is 29.3 Å². The van der Waals surface area contributed by atoms with E-state index in [4.69, 9.17) is 14.7 Å². The van der Waals surface area contributed by atoms with E-state index < -0.39 is 48.4 Å². The van der Waals surface area contributed by atoms with E-state index in [-0.39, 0.29) is 24.3 Å². The highest BCUT2D eigenvalue weighted by Gasteiger charge is 2.45. The molecule has 0 aliphatic carbocycles. The normalized spacial score (nSPS) is 17.3. The van der Waals surface area contributed by atoms with Crippen LogP contribution in [0.4, 0.5) is 22.8 Å². The minimum absolute atomic E-state index is 0.140. The van der Waals surface area contributed by atoms with Gasteiger partial charge >= 0.3 is 24.3 Å². The number of nitrogens with one attached hydrogen (secondary N) is 3. The first-order chi connectivity index (χ1) is 31.1. The van der Waals surface area contributed by atoms with Crippen LogP contribution in [0.25, 0.3) is 44.8 Å². The lowest BCUT2D eigenvalue weighted by Gasteiger charge is -2.32. The van der Waals surface area contributed by atoms with Crippen LogP contribution in [-0.4, -0.2) is 120 Å². The van der Waals surface area contributed by atoms with Crippen LogP contribution in [0, 0.1) is 5.92 Å². The standard InChI is InChI=1S/C45H51F3N10O7/c1-6-7-10-36(56(4)44(63)65-42(61)45(46,47)48)40(59)57-19-8-11-34(57)38-51-24-33(54-38)28-17-18-29-30(21-28)49-22-31(52-29)26-13-15-27(16-14-26)32-23-50-39(53-32)35-12-9-20-58(35)41(60)37(25(2)3)55-43(62)64-5/h13-18,21-25,34-37H,6-12,19-20H2,1-5H3,(H,50,53)(H,51,54)(H,55,62)/t34-,35-,36+,37-/m0/s1. The molecule has 5 heterocycles. The Kier molecular flexibility index (Phi) is 13.8. The molecule has 2 aliphatic heterocycles. The Bertz CT molecular complexity index is 2540. The number of H-pyrrole nitrogens is 2. The lowest BCUT2D eigenvalue weighted by atomic mass is 10.0. The highest BCUT2D eigenvalue weighted by molar-refractivity contribution is 5.91. The number of carbonyl (C=O) groups excluding carboxylic acids is 5. The van der Waals surface area contributed by atoms with Crippen molar-refractivity contribution in [3.05, 3.63) is 72.7 Å². The Hall–Kier alpha value is -6.86. The van der Waals surface area contributed by atoms with Gasteiger partial charge in [-0.05, 0) is 55.7 Å². The fourth-order valence-corrected chi connectivity index (χ4v) is 8.36. The molecule has 5 aromatic rings. The van der Waals surface area contributed by atoms with E-state index in [1.807, 2.05) is 63.2 Å². The number of ether oxygens (including phenoxy) is 2. The maximum Gasteiger partial charge on any atom is 0.491 e. The predicted molar refractivity (Wildman–Crippen MR) is 230 cm³/mol. The van der Waals surface area contributed by atoms with E-state index in [2.05, 4.69) is 30.0 Å². The SMILES string of the molecule is CCCC[C@H](C(=O)N1CCC[C@H]1c1ncc(-c2ccc3nc(-c4ccc(-c5cnc([C@@H]6CCCN6C(=O)[C@@H](NC(=O)OC)C(C)C)[nH]5)cc4)cnc3c2)[nH]1)N(C)C(=O)OC(=O)C(F)(F)F. The molecule has 3 N–H and O–H groups in total. The number of unbranched alkanes of at least 4 members (excludes halogenated alkanes) is 1. The van der Waals surface area contributed by atoms with E-state index in [0.29, 0.717) is 72.8 Å². The van der Waals surface area contributed by atoms with Gasteiger partial charge in [-0.15, -0.1) is 0 Å². The van der Waals surface area contributed by atoms with Gasteiger partial charge in [0.25, 0.3) is 0 Å². The third-order valence-corrected chi connectivity index (χ3v) is 11.9. The summed E-state index contributed by atoms with van der Waals surface area (Å²) in [7, 11) is 2.42. The van der Waals surface area contributed by atoms with Crippen molar-refractivity contribution in [1.82, 2.24) is 49.9 Å². The monoisotopic (exact) mass is 900 g/mol. The molecule has 2 aromatic carbocycles. The Morgan fingerprint density at radius 1 is 0.831 bits per heavy atom. The maximum absolute atomic E-state index is 13.9. The number of methoxy groups -OCH3 is 1. The number of carbonyl (C=O) groups is 5. The van der Waals surface area contributed by atoms with E-state index >= 15 is 0 Å². The number of esters is 1. The Balaban J connectivity index is 1.02. The molecule has 2 saturated heterocycles. The van der Waals surface area contributed by atoms with Gasteiger partial charge in [0.2, 0.25) is 11.8 Å².